The minimum Gasteiger partial charge on any atom is -0.304 e. The average molecular weight is 275 g/mol. The molecule has 0 saturated carbocycles. The van der Waals surface area contributed by atoms with Crippen LogP contribution in [0.1, 0.15) is 50.0 Å². The minimum absolute atomic E-state index is 0.130. The van der Waals surface area contributed by atoms with Crippen molar-refractivity contribution in [2.24, 2.45) is 0 Å². The largest absolute Gasteiger partial charge is 0.304 e. The van der Waals surface area contributed by atoms with Gasteiger partial charge in [-0.2, -0.15) is 0 Å². The molecular weight excluding hydrogens is 254 g/mol. The molecule has 2 heterocycles. The highest BCUT2D eigenvalue weighted by molar-refractivity contribution is 7.09. The third-order valence-electron chi connectivity index (χ3n) is 3.09. The van der Waals surface area contributed by atoms with Crippen LogP contribution in [0.15, 0.2) is 29.9 Å². The average Bonchev–Trinajstić information content (AvgIpc) is 2.86. The molecule has 2 aromatic rings. The normalized spacial score (nSPS) is 13.5. The van der Waals surface area contributed by atoms with Crippen molar-refractivity contribution >= 4 is 11.3 Å². The molecule has 2 aromatic heterocycles. The van der Waals surface area contributed by atoms with Gasteiger partial charge in [-0.25, -0.2) is 4.98 Å². The molecule has 0 amide bonds. The lowest BCUT2D eigenvalue weighted by molar-refractivity contribution is 0.554. The third-order valence-corrected chi connectivity index (χ3v) is 3.93. The summed E-state index contributed by atoms with van der Waals surface area (Å²) in [5.74, 6) is 0. The van der Waals surface area contributed by atoms with Crippen LogP contribution in [-0.4, -0.2) is 9.97 Å². The van der Waals surface area contributed by atoms with Gasteiger partial charge in [-0.3, -0.25) is 4.98 Å². The Bertz CT molecular complexity index is 514. The molecule has 0 aliphatic carbocycles. The number of rotatable bonds is 4. The fraction of sp³-hybridized carbons (Fsp3) is 0.467. The van der Waals surface area contributed by atoms with Crippen molar-refractivity contribution in [3.05, 3.63) is 46.2 Å². The van der Waals surface area contributed by atoms with Crippen molar-refractivity contribution < 1.29 is 0 Å². The topological polar surface area (TPSA) is 37.8 Å². The second kappa shape index (κ2) is 5.80. The predicted molar refractivity (Wildman–Crippen MR) is 80.3 cm³/mol. The summed E-state index contributed by atoms with van der Waals surface area (Å²) in [6.07, 6.45) is 3.66. The Morgan fingerprint density at radius 3 is 2.53 bits per heavy atom. The summed E-state index contributed by atoms with van der Waals surface area (Å²) < 4.78 is 0. The number of hydrogen-bond donors (Lipinski definition) is 1. The molecule has 102 valence electrons. The Kier molecular flexibility index (Phi) is 4.32. The Balaban J connectivity index is 1.94. The van der Waals surface area contributed by atoms with E-state index in [1.807, 2.05) is 24.5 Å². The first kappa shape index (κ1) is 14.2. The highest BCUT2D eigenvalue weighted by Crippen LogP contribution is 2.24. The van der Waals surface area contributed by atoms with Crippen molar-refractivity contribution in [3.63, 3.8) is 0 Å². The second-order valence-electron chi connectivity index (χ2n) is 5.76. The van der Waals surface area contributed by atoms with Crippen LogP contribution in [-0.2, 0) is 12.0 Å². The SMILES string of the molecule is C[C@@H](NCc1nc(C(C)(C)C)cs1)c1ccncc1. The molecule has 0 radical (unpaired) electrons. The van der Waals surface area contributed by atoms with E-state index in [0.29, 0.717) is 6.04 Å². The maximum absolute atomic E-state index is 4.69. The van der Waals surface area contributed by atoms with Crippen molar-refractivity contribution in [1.82, 2.24) is 15.3 Å². The van der Waals surface area contributed by atoms with Crippen LogP contribution in [0.2, 0.25) is 0 Å². The molecule has 1 N–H and O–H groups in total. The second-order valence-corrected chi connectivity index (χ2v) is 6.70. The van der Waals surface area contributed by atoms with Gasteiger partial charge in [0.2, 0.25) is 0 Å². The predicted octanol–water partition coefficient (Wildman–Crippen LogP) is 3.69. The number of aromatic nitrogens is 2. The molecule has 0 unspecified atom stereocenters. The molecule has 0 spiro atoms. The molecular formula is C15H21N3S. The zero-order chi connectivity index (χ0) is 13.9. The smallest absolute Gasteiger partial charge is 0.107 e. The summed E-state index contributed by atoms with van der Waals surface area (Å²) in [5.41, 5.74) is 2.55. The van der Waals surface area contributed by atoms with Gasteiger partial charge >= 0.3 is 0 Å². The minimum atomic E-state index is 0.130. The van der Waals surface area contributed by atoms with E-state index < -0.39 is 0 Å². The first-order valence-electron chi connectivity index (χ1n) is 6.55. The summed E-state index contributed by atoms with van der Waals surface area (Å²) in [5, 5.41) is 6.81. The van der Waals surface area contributed by atoms with Gasteiger partial charge in [0.25, 0.3) is 0 Å². The van der Waals surface area contributed by atoms with E-state index in [-0.39, 0.29) is 5.41 Å². The number of pyridine rings is 1. The van der Waals surface area contributed by atoms with E-state index >= 15 is 0 Å². The zero-order valence-corrected chi connectivity index (χ0v) is 12.8. The van der Waals surface area contributed by atoms with Gasteiger partial charge in [0, 0.05) is 35.8 Å². The summed E-state index contributed by atoms with van der Waals surface area (Å²) in [4.78, 5) is 8.73. The molecule has 1 atom stereocenters. The van der Waals surface area contributed by atoms with Crippen molar-refractivity contribution in [2.75, 3.05) is 0 Å². The van der Waals surface area contributed by atoms with Crippen LogP contribution in [0.4, 0.5) is 0 Å². The number of nitrogens with zero attached hydrogens (tertiary/aromatic N) is 2. The summed E-state index contributed by atoms with van der Waals surface area (Å²) in [6.45, 7) is 9.55. The van der Waals surface area contributed by atoms with Gasteiger partial charge < -0.3 is 5.32 Å². The zero-order valence-electron chi connectivity index (χ0n) is 12.0. The Morgan fingerprint density at radius 2 is 1.95 bits per heavy atom. The number of hydrogen-bond acceptors (Lipinski definition) is 4. The fourth-order valence-electron chi connectivity index (χ4n) is 1.75. The van der Waals surface area contributed by atoms with E-state index in [1.54, 1.807) is 11.3 Å². The van der Waals surface area contributed by atoms with Gasteiger partial charge in [-0.05, 0) is 24.6 Å². The highest BCUT2D eigenvalue weighted by Gasteiger charge is 2.17. The Morgan fingerprint density at radius 1 is 1.26 bits per heavy atom. The first-order valence-corrected chi connectivity index (χ1v) is 7.43. The van der Waals surface area contributed by atoms with E-state index in [4.69, 9.17) is 4.98 Å². The third kappa shape index (κ3) is 3.85. The molecule has 0 aliphatic heterocycles. The molecule has 3 nitrogen and oxygen atoms in total. The van der Waals surface area contributed by atoms with E-state index in [2.05, 4.69) is 43.4 Å². The lowest BCUT2D eigenvalue weighted by Gasteiger charge is -2.15. The van der Waals surface area contributed by atoms with Gasteiger partial charge in [0.05, 0.1) is 5.69 Å². The quantitative estimate of drug-likeness (QED) is 0.925. The molecule has 0 bridgehead atoms. The summed E-state index contributed by atoms with van der Waals surface area (Å²) >= 11 is 1.73. The number of thiazole rings is 1. The van der Waals surface area contributed by atoms with Crippen LogP contribution < -0.4 is 5.32 Å². The fourth-order valence-corrected chi connectivity index (χ4v) is 2.72. The van der Waals surface area contributed by atoms with E-state index in [1.165, 1.54) is 11.3 Å². The first-order chi connectivity index (χ1) is 8.97. The molecule has 0 saturated heterocycles. The van der Waals surface area contributed by atoms with E-state index in [0.717, 1.165) is 11.6 Å². The highest BCUT2D eigenvalue weighted by atomic mass is 32.1. The lowest BCUT2D eigenvalue weighted by Crippen LogP contribution is -2.18. The van der Waals surface area contributed by atoms with Crippen LogP contribution in [0, 0.1) is 0 Å². The van der Waals surface area contributed by atoms with Crippen molar-refractivity contribution in [2.45, 2.75) is 45.7 Å². The van der Waals surface area contributed by atoms with Gasteiger partial charge in [0.1, 0.15) is 5.01 Å². The van der Waals surface area contributed by atoms with Crippen molar-refractivity contribution in [3.8, 4) is 0 Å². The number of nitrogens with one attached hydrogen (secondary N) is 1. The van der Waals surface area contributed by atoms with Gasteiger partial charge in [0.15, 0.2) is 0 Å². The van der Waals surface area contributed by atoms with Gasteiger partial charge in [-0.1, -0.05) is 20.8 Å². The monoisotopic (exact) mass is 275 g/mol. The maximum Gasteiger partial charge on any atom is 0.107 e. The molecule has 0 aromatic carbocycles. The molecule has 2 rings (SSSR count). The Labute approximate surface area is 119 Å². The standard InChI is InChI=1S/C15H21N3S/c1-11(12-5-7-16-8-6-12)17-9-14-18-13(10-19-14)15(2,3)4/h5-8,10-11,17H,9H2,1-4H3/t11-/m1/s1. The summed E-state index contributed by atoms with van der Waals surface area (Å²) in [7, 11) is 0. The van der Waals surface area contributed by atoms with E-state index in [9.17, 15) is 0 Å². The van der Waals surface area contributed by atoms with Crippen LogP contribution in [0.5, 0.6) is 0 Å². The van der Waals surface area contributed by atoms with Crippen molar-refractivity contribution in [1.29, 1.82) is 0 Å². The molecule has 0 aliphatic rings. The van der Waals surface area contributed by atoms with Crippen LogP contribution in [0.3, 0.4) is 0 Å². The summed E-state index contributed by atoms with van der Waals surface area (Å²) in [6, 6.07) is 4.39. The maximum atomic E-state index is 4.69. The lowest BCUT2D eigenvalue weighted by atomic mass is 9.93. The van der Waals surface area contributed by atoms with Crippen LogP contribution >= 0.6 is 11.3 Å². The molecule has 4 heteroatoms. The van der Waals surface area contributed by atoms with Gasteiger partial charge in [-0.15, -0.1) is 11.3 Å². The molecule has 0 fully saturated rings. The Hall–Kier alpha value is -1.26. The molecule has 19 heavy (non-hydrogen) atoms. The van der Waals surface area contributed by atoms with Crippen LogP contribution in [0.25, 0.3) is 0 Å².